The lowest BCUT2D eigenvalue weighted by molar-refractivity contribution is -0.154. The van der Waals surface area contributed by atoms with Crippen molar-refractivity contribution in [2.75, 3.05) is 24.8 Å². The number of benzene rings is 5. The second-order valence-electron chi connectivity index (χ2n) is 15.4. The number of anilines is 1. The summed E-state index contributed by atoms with van der Waals surface area (Å²) in [4.78, 5) is 66.8. The van der Waals surface area contributed by atoms with Crippen molar-refractivity contribution in [1.82, 2.24) is 15.2 Å². The molecule has 65 heavy (non-hydrogen) atoms. The average Bonchev–Trinajstić information content (AvgIpc) is 3.81. The Morgan fingerprint density at radius 2 is 1.34 bits per heavy atom. The quantitative estimate of drug-likeness (QED) is 0.0242. The second kappa shape index (κ2) is 20.0. The number of thiazole rings is 1. The summed E-state index contributed by atoms with van der Waals surface area (Å²) in [5, 5.41) is 12.1. The van der Waals surface area contributed by atoms with Gasteiger partial charge in [-0.05, 0) is 41.7 Å². The fraction of sp³-hybridized carbons (Fsp3) is 0.176. The van der Waals surface area contributed by atoms with E-state index < -0.39 is 46.8 Å². The molecule has 3 heterocycles. The van der Waals surface area contributed by atoms with Gasteiger partial charge in [-0.1, -0.05) is 162 Å². The molecule has 2 aliphatic heterocycles. The summed E-state index contributed by atoms with van der Waals surface area (Å²) in [6.07, 6.45) is 0.543. The number of allylic oxidation sites excluding steroid dienone is 1. The topological polar surface area (TPSA) is 149 Å². The average molecular weight is 904 g/mol. The first-order chi connectivity index (χ1) is 31.7. The third-order valence-electron chi connectivity index (χ3n) is 10.8. The van der Waals surface area contributed by atoms with Crippen molar-refractivity contribution >= 4 is 57.7 Å². The summed E-state index contributed by atoms with van der Waals surface area (Å²) in [5.74, 6) is -2.41. The molecule has 0 aliphatic carbocycles. The van der Waals surface area contributed by atoms with Gasteiger partial charge >= 0.3 is 11.9 Å². The molecule has 0 radical (unpaired) electrons. The lowest BCUT2D eigenvalue weighted by atomic mass is 9.77. The van der Waals surface area contributed by atoms with E-state index in [4.69, 9.17) is 19.3 Å². The third kappa shape index (κ3) is 9.49. The molecule has 0 saturated carbocycles. The Morgan fingerprint density at radius 3 is 1.85 bits per heavy atom. The first-order valence-electron chi connectivity index (χ1n) is 20.8. The van der Waals surface area contributed by atoms with Crippen LogP contribution in [0.2, 0.25) is 0 Å². The van der Waals surface area contributed by atoms with Crippen LogP contribution in [0.15, 0.2) is 185 Å². The summed E-state index contributed by atoms with van der Waals surface area (Å²) in [6, 6.07) is 47.7. The minimum Gasteiger partial charge on any atom is -0.458 e. The van der Waals surface area contributed by atoms with Gasteiger partial charge in [0.05, 0.1) is 0 Å². The van der Waals surface area contributed by atoms with E-state index in [2.05, 4.69) is 52.2 Å². The zero-order chi connectivity index (χ0) is 45.3. The number of aromatic nitrogens is 1. The van der Waals surface area contributed by atoms with Crippen LogP contribution in [0.1, 0.15) is 53.5 Å². The highest BCUT2D eigenvalue weighted by Crippen LogP contribution is 2.43. The Bertz CT molecular complexity index is 2610. The molecule has 2 amide bonds. The molecule has 6 aromatic rings. The number of ether oxygens (including phenoxy) is 2. The molecular formula is C51H45N5O7S2. The molecule has 12 nitrogen and oxygen atoms in total. The maximum atomic E-state index is 14.4. The molecule has 2 atom stereocenters. The summed E-state index contributed by atoms with van der Waals surface area (Å²) in [5.41, 5.74) is 4.65. The van der Waals surface area contributed by atoms with Gasteiger partial charge in [0.1, 0.15) is 42.1 Å². The number of fused-ring (bicyclic) bond motifs is 1. The summed E-state index contributed by atoms with van der Waals surface area (Å²) >= 11 is 2.61. The van der Waals surface area contributed by atoms with Crippen LogP contribution in [0.4, 0.5) is 5.13 Å². The molecule has 2 N–H and O–H groups in total. The zero-order valence-electron chi connectivity index (χ0n) is 35.8. The normalized spacial score (nSPS) is 15.9. The van der Waals surface area contributed by atoms with Gasteiger partial charge in [0, 0.05) is 22.8 Å². The highest BCUT2D eigenvalue weighted by atomic mass is 32.2. The smallest absolute Gasteiger partial charge is 0.356 e. The van der Waals surface area contributed by atoms with Gasteiger partial charge in [-0.2, -0.15) is 0 Å². The molecule has 1 aromatic heterocycles. The van der Waals surface area contributed by atoms with E-state index in [0.717, 1.165) is 33.4 Å². The first kappa shape index (κ1) is 44.3. The van der Waals surface area contributed by atoms with Crippen LogP contribution in [-0.4, -0.2) is 70.2 Å². The van der Waals surface area contributed by atoms with Crippen LogP contribution in [0.5, 0.6) is 0 Å². The molecule has 1 fully saturated rings. The third-order valence-corrected chi connectivity index (χ3v) is 12.9. The Morgan fingerprint density at radius 1 is 0.815 bits per heavy atom. The first-order valence-corrected chi connectivity index (χ1v) is 22.7. The Hall–Kier alpha value is -7.29. The number of thioether (sulfide) groups is 1. The van der Waals surface area contributed by atoms with Crippen molar-refractivity contribution in [3.05, 3.63) is 213 Å². The molecule has 5 aromatic carbocycles. The number of carbonyl (C=O) groups excluding carboxylic acids is 4. The number of nitrogens with one attached hydrogen (secondary N) is 2. The Balaban J connectivity index is 1.06. The summed E-state index contributed by atoms with van der Waals surface area (Å²) < 4.78 is 11.8. The Kier molecular flexibility index (Phi) is 13.7. The standard InChI is InChI=1S/C51H45N5O7S2/c1-33(2)29-41(57)62-30-36-31-64-48-43(47(59)56(48)44(36)49(60)63-45(34-19-9-4-10-20-34)35-21-11-5-12-22-35)53-46(58)42(55-61-3)40-32-65-50(52-40)54-51(37-23-13-6-14-24-37,38-25-15-7-16-26-38)39-27-17-8-18-28-39/h4-29,32,43,45,48H,30-31H2,1-3H3,(H,52,54)(H,53,58)/b55-42-/t43-,48-/m1/s1. The van der Waals surface area contributed by atoms with E-state index in [1.54, 1.807) is 19.2 Å². The number of rotatable bonds is 16. The van der Waals surface area contributed by atoms with Gasteiger partial charge in [0.15, 0.2) is 16.9 Å². The van der Waals surface area contributed by atoms with Crippen LogP contribution < -0.4 is 10.6 Å². The van der Waals surface area contributed by atoms with Crippen LogP contribution in [0.3, 0.4) is 0 Å². The molecule has 0 unspecified atom stereocenters. The maximum Gasteiger partial charge on any atom is 0.356 e. The highest BCUT2D eigenvalue weighted by molar-refractivity contribution is 8.00. The molecule has 8 rings (SSSR count). The van der Waals surface area contributed by atoms with Crippen LogP contribution in [0.25, 0.3) is 0 Å². The van der Waals surface area contributed by atoms with Gasteiger partial charge in [-0.15, -0.1) is 23.1 Å². The molecule has 2 aliphatic rings. The summed E-state index contributed by atoms with van der Waals surface area (Å²) in [7, 11) is 1.32. The monoisotopic (exact) mass is 903 g/mol. The van der Waals surface area contributed by atoms with E-state index in [1.807, 2.05) is 115 Å². The van der Waals surface area contributed by atoms with Crippen LogP contribution in [0, 0.1) is 0 Å². The second-order valence-corrected chi connectivity index (χ2v) is 17.3. The number of oxime groups is 1. The number of esters is 2. The number of β-lactam (4-membered cyclic amide) rings is 1. The number of hydrogen-bond donors (Lipinski definition) is 2. The maximum absolute atomic E-state index is 14.4. The molecule has 1 saturated heterocycles. The number of carbonyl (C=O) groups is 4. The van der Waals surface area contributed by atoms with Gasteiger partial charge in [0.2, 0.25) is 0 Å². The number of nitrogens with zero attached hydrogens (tertiary/aromatic N) is 3. The van der Waals surface area contributed by atoms with Crippen molar-refractivity contribution in [2.45, 2.75) is 36.9 Å². The lowest BCUT2D eigenvalue weighted by Crippen LogP contribution is -2.71. The van der Waals surface area contributed by atoms with Crippen molar-refractivity contribution in [2.24, 2.45) is 5.16 Å². The van der Waals surface area contributed by atoms with Crippen molar-refractivity contribution in [3.63, 3.8) is 0 Å². The molecule has 0 bridgehead atoms. The molecule has 328 valence electrons. The van der Waals surface area contributed by atoms with Gasteiger partial charge < -0.3 is 24.9 Å². The van der Waals surface area contributed by atoms with E-state index in [0.29, 0.717) is 10.7 Å². The van der Waals surface area contributed by atoms with Gasteiger partial charge in [-0.3, -0.25) is 14.5 Å². The number of amides is 2. The molecule has 0 spiro atoms. The number of hydrogen-bond acceptors (Lipinski definition) is 12. The fourth-order valence-corrected chi connectivity index (χ4v) is 9.93. The predicted octanol–water partition coefficient (Wildman–Crippen LogP) is 8.39. The van der Waals surface area contributed by atoms with E-state index in [1.165, 1.54) is 41.2 Å². The minimum absolute atomic E-state index is 0.0363. The van der Waals surface area contributed by atoms with E-state index >= 15 is 0 Å². The minimum atomic E-state index is -1.05. The van der Waals surface area contributed by atoms with Crippen molar-refractivity contribution in [3.8, 4) is 0 Å². The van der Waals surface area contributed by atoms with Crippen LogP contribution >= 0.6 is 23.1 Å². The van der Waals surface area contributed by atoms with Crippen molar-refractivity contribution in [1.29, 1.82) is 0 Å². The zero-order valence-corrected chi connectivity index (χ0v) is 37.4. The highest BCUT2D eigenvalue weighted by Gasteiger charge is 2.55. The lowest BCUT2D eigenvalue weighted by Gasteiger charge is -2.49. The van der Waals surface area contributed by atoms with Crippen LogP contribution in [-0.2, 0) is 39.0 Å². The SMILES string of the molecule is CO/N=C(\C(=O)N[C@@H]1C(=O)N2C(C(=O)OC(c3ccccc3)c3ccccc3)=C(COC(=O)C=C(C)C)CS[C@H]12)c1csc(NC(c2ccccc2)(c2ccccc2)c2ccccc2)n1. The van der Waals surface area contributed by atoms with Gasteiger partial charge in [-0.25, -0.2) is 14.6 Å². The molecular weight excluding hydrogens is 859 g/mol. The van der Waals surface area contributed by atoms with E-state index in [-0.39, 0.29) is 29.5 Å². The Labute approximate surface area is 385 Å². The fourth-order valence-electron chi connectivity index (χ4n) is 7.85. The van der Waals surface area contributed by atoms with E-state index in [9.17, 15) is 19.2 Å². The van der Waals surface area contributed by atoms with Gasteiger partial charge in [0.25, 0.3) is 11.8 Å². The largest absolute Gasteiger partial charge is 0.458 e. The summed E-state index contributed by atoms with van der Waals surface area (Å²) in [6.45, 7) is 3.29. The molecule has 14 heteroatoms. The predicted molar refractivity (Wildman–Crippen MR) is 252 cm³/mol. The van der Waals surface area contributed by atoms with Crippen molar-refractivity contribution < 1.29 is 33.5 Å².